The molecule has 1 atom stereocenters. The molecule has 1 aliphatic carbocycles. The highest BCUT2D eigenvalue weighted by Crippen LogP contribution is 2.48. The molecule has 0 N–H and O–H groups in total. The summed E-state index contributed by atoms with van der Waals surface area (Å²) in [6.07, 6.45) is 4.08. The summed E-state index contributed by atoms with van der Waals surface area (Å²) in [6.45, 7) is 0.915. The van der Waals surface area contributed by atoms with Crippen molar-refractivity contribution in [1.29, 1.82) is 0 Å². The standard InChI is InChI=1S/C12H14O/c1-2-4-12-11(3-1)10(7-8-13-12)9-5-6-9/h1-4,9-10H,5-8H2. The van der Waals surface area contributed by atoms with Crippen LogP contribution in [0, 0.1) is 5.92 Å². The molecule has 2 aliphatic rings. The molecule has 1 saturated carbocycles. The normalized spacial score (nSPS) is 26.3. The smallest absolute Gasteiger partial charge is 0.122 e. The van der Waals surface area contributed by atoms with Crippen LogP contribution in [0.15, 0.2) is 24.3 Å². The molecular formula is C12H14O. The third-order valence-corrected chi connectivity index (χ3v) is 3.20. The predicted octanol–water partition coefficient (Wildman–Crippen LogP) is 2.96. The Hall–Kier alpha value is -0.980. The summed E-state index contributed by atoms with van der Waals surface area (Å²) < 4.78 is 5.63. The monoisotopic (exact) mass is 174 g/mol. The fraction of sp³-hybridized carbons (Fsp3) is 0.500. The van der Waals surface area contributed by atoms with Gasteiger partial charge < -0.3 is 4.74 Å². The number of rotatable bonds is 1. The van der Waals surface area contributed by atoms with E-state index < -0.39 is 0 Å². The molecule has 3 rings (SSSR count). The van der Waals surface area contributed by atoms with E-state index in [1.807, 2.05) is 0 Å². The molecule has 1 fully saturated rings. The van der Waals surface area contributed by atoms with Gasteiger partial charge in [0.1, 0.15) is 5.75 Å². The minimum Gasteiger partial charge on any atom is -0.493 e. The Morgan fingerprint density at radius 3 is 2.77 bits per heavy atom. The summed E-state index contributed by atoms with van der Waals surface area (Å²) in [5, 5.41) is 0. The number of ether oxygens (including phenoxy) is 1. The number of fused-ring (bicyclic) bond motifs is 1. The topological polar surface area (TPSA) is 9.23 Å². The van der Waals surface area contributed by atoms with Crippen LogP contribution in [0.25, 0.3) is 0 Å². The van der Waals surface area contributed by atoms with Crippen LogP contribution in [-0.4, -0.2) is 6.61 Å². The molecule has 0 radical (unpaired) electrons. The van der Waals surface area contributed by atoms with E-state index in [0.29, 0.717) is 0 Å². The van der Waals surface area contributed by atoms with Gasteiger partial charge >= 0.3 is 0 Å². The van der Waals surface area contributed by atoms with Gasteiger partial charge in [0.25, 0.3) is 0 Å². The second-order valence-corrected chi connectivity index (χ2v) is 4.12. The van der Waals surface area contributed by atoms with Gasteiger partial charge in [0.15, 0.2) is 0 Å². The average Bonchev–Trinajstić information content (AvgIpc) is 3.00. The zero-order valence-corrected chi connectivity index (χ0v) is 7.70. The van der Waals surface area contributed by atoms with Crippen LogP contribution in [-0.2, 0) is 0 Å². The maximum atomic E-state index is 5.63. The van der Waals surface area contributed by atoms with Crippen molar-refractivity contribution in [2.45, 2.75) is 25.2 Å². The van der Waals surface area contributed by atoms with E-state index in [4.69, 9.17) is 4.74 Å². The van der Waals surface area contributed by atoms with E-state index in [1.165, 1.54) is 24.8 Å². The Balaban J connectivity index is 2.00. The molecule has 1 unspecified atom stereocenters. The third-order valence-electron chi connectivity index (χ3n) is 3.20. The molecule has 0 saturated heterocycles. The zero-order chi connectivity index (χ0) is 8.67. The summed E-state index contributed by atoms with van der Waals surface area (Å²) in [7, 11) is 0. The van der Waals surface area contributed by atoms with Gasteiger partial charge in [-0.15, -0.1) is 0 Å². The lowest BCUT2D eigenvalue weighted by Gasteiger charge is -2.25. The summed E-state index contributed by atoms with van der Waals surface area (Å²) in [5.41, 5.74) is 1.45. The Bertz CT molecular complexity index is 315. The van der Waals surface area contributed by atoms with Crippen molar-refractivity contribution in [1.82, 2.24) is 0 Å². The van der Waals surface area contributed by atoms with Gasteiger partial charge in [-0.05, 0) is 42.7 Å². The average molecular weight is 174 g/mol. The van der Waals surface area contributed by atoms with E-state index in [-0.39, 0.29) is 0 Å². The van der Waals surface area contributed by atoms with Gasteiger partial charge in [-0.3, -0.25) is 0 Å². The van der Waals surface area contributed by atoms with Crippen LogP contribution in [0.2, 0.25) is 0 Å². The second kappa shape index (κ2) is 2.76. The molecule has 1 heteroatoms. The van der Waals surface area contributed by atoms with Gasteiger partial charge in [-0.25, -0.2) is 0 Å². The maximum Gasteiger partial charge on any atom is 0.122 e. The van der Waals surface area contributed by atoms with E-state index >= 15 is 0 Å². The first-order valence-electron chi connectivity index (χ1n) is 5.17. The van der Waals surface area contributed by atoms with Gasteiger partial charge in [-0.2, -0.15) is 0 Å². The first-order chi connectivity index (χ1) is 6.45. The molecule has 13 heavy (non-hydrogen) atoms. The number of hydrogen-bond donors (Lipinski definition) is 0. The van der Waals surface area contributed by atoms with Gasteiger partial charge in [-0.1, -0.05) is 18.2 Å². The van der Waals surface area contributed by atoms with E-state index in [1.54, 1.807) is 0 Å². The fourth-order valence-electron chi connectivity index (χ4n) is 2.36. The Labute approximate surface area is 78.7 Å². The highest BCUT2D eigenvalue weighted by Gasteiger charge is 2.35. The largest absolute Gasteiger partial charge is 0.493 e. The van der Waals surface area contributed by atoms with Gasteiger partial charge in [0.2, 0.25) is 0 Å². The lowest BCUT2D eigenvalue weighted by atomic mass is 9.89. The summed E-state index contributed by atoms with van der Waals surface area (Å²) in [5.74, 6) is 2.89. The first kappa shape index (κ1) is 7.43. The van der Waals surface area contributed by atoms with Crippen LogP contribution in [0.3, 0.4) is 0 Å². The molecule has 0 amide bonds. The fourth-order valence-corrected chi connectivity index (χ4v) is 2.36. The molecule has 1 nitrogen and oxygen atoms in total. The molecule has 1 aliphatic heterocycles. The van der Waals surface area contributed by atoms with Crippen molar-refractivity contribution in [2.75, 3.05) is 6.61 Å². The summed E-state index contributed by atoms with van der Waals surface area (Å²) >= 11 is 0. The molecule has 1 aromatic rings. The second-order valence-electron chi connectivity index (χ2n) is 4.12. The number of hydrogen-bond acceptors (Lipinski definition) is 1. The van der Waals surface area contributed by atoms with Crippen LogP contribution in [0.4, 0.5) is 0 Å². The van der Waals surface area contributed by atoms with E-state index in [0.717, 1.165) is 24.2 Å². The molecule has 1 heterocycles. The van der Waals surface area contributed by atoms with Crippen molar-refractivity contribution in [3.05, 3.63) is 29.8 Å². The third kappa shape index (κ3) is 1.23. The van der Waals surface area contributed by atoms with Crippen molar-refractivity contribution in [3.63, 3.8) is 0 Å². The molecule has 0 spiro atoms. The van der Waals surface area contributed by atoms with Crippen molar-refractivity contribution < 1.29 is 4.74 Å². The van der Waals surface area contributed by atoms with Crippen molar-refractivity contribution in [2.24, 2.45) is 5.92 Å². The lowest BCUT2D eigenvalue weighted by molar-refractivity contribution is 0.259. The van der Waals surface area contributed by atoms with Crippen molar-refractivity contribution in [3.8, 4) is 5.75 Å². The molecular weight excluding hydrogens is 160 g/mol. The molecule has 1 aromatic carbocycles. The Morgan fingerprint density at radius 2 is 1.92 bits per heavy atom. The minimum atomic E-state index is 0.796. The Kier molecular flexibility index (Phi) is 1.58. The summed E-state index contributed by atoms with van der Waals surface area (Å²) in [4.78, 5) is 0. The van der Waals surface area contributed by atoms with E-state index in [9.17, 15) is 0 Å². The predicted molar refractivity (Wildman–Crippen MR) is 52.0 cm³/mol. The highest BCUT2D eigenvalue weighted by molar-refractivity contribution is 5.38. The summed E-state index contributed by atoms with van der Waals surface area (Å²) in [6, 6.07) is 8.53. The lowest BCUT2D eigenvalue weighted by Crippen LogP contribution is -2.15. The maximum absolute atomic E-state index is 5.63. The van der Waals surface area contributed by atoms with Gasteiger partial charge in [0.05, 0.1) is 6.61 Å². The highest BCUT2D eigenvalue weighted by atomic mass is 16.5. The Morgan fingerprint density at radius 1 is 1.08 bits per heavy atom. The molecule has 68 valence electrons. The van der Waals surface area contributed by atoms with E-state index in [2.05, 4.69) is 24.3 Å². The molecule has 0 aromatic heterocycles. The van der Waals surface area contributed by atoms with Gasteiger partial charge in [0, 0.05) is 0 Å². The quantitative estimate of drug-likeness (QED) is 0.636. The van der Waals surface area contributed by atoms with Crippen LogP contribution < -0.4 is 4.74 Å². The van der Waals surface area contributed by atoms with Crippen molar-refractivity contribution >= 4 is 0 Å². The molecule has 0 bridgehead atoms. The first-order valence-corrected chi connectivity index (χ1v) is 5.17. The minimum absolute atomic E-state index is 0.796. The number of benzene rings is 1. The zero-order valence-electron chi connectivity index (χ0n) is 7.70. The van der Waals surface area contributed by atoms with Crippen LogP contribution >= 0.6 is 0 Å². The van der Waals surface area contributed by atoms with Crippen LogP contribution in [0.5, 0.6) is 5.75 Å². The SMILES string of the molecule is c1ccc2c(c1)OCCC2C1CC1. The number of para-hydroxylation sites is 1. The van der Waals surface area contributed by atoms with Crippen LogP contribution in [0.1, 0.15) is 30.7 Å².